The summed E-state index contributed by atoms with van der Waals surface area (Å²) in [5, 5.41) is 5.22. The molecule has 0 unspecified atom stereocenters. The minimum atomic E-state index is 0.118. The van der Waals surface area contributed by atoms with Crippen LogP contribution in [0.25, 0.3) is 0 Å². The Balaban J connectivity index is 2.78. The first-order valence-electron chi connectivity index (χ1n) is 6.41. The van der Waals surface area contributed by atoms with Gasteiger partial charge in [0.25, 0.3) is 0 Å². The van der Waals surface area contributed by atoms with E-state index in [4.69, 9.17) is 17.3 Å². The summed E-state index contributed by atoms with van der Waals surface area (Å²) in [4.78, 5) is 2.25. The Morgan fingerprint density at radius 2 is 2.06 bits per heavy atom. The van der Waals surface area contributed by atoms with Gasteiger partial charge < -0.3 is 5.73 Å². The number of nitrogens with two attached hydrogens (primary N) is 1. The molecule has 0 radical (unpaired) electrons. The van der Waals surface area contributed by atoms with E-state index >= 15 is 0 Å². The largest absolute Gasteiger partial charge is 0.330 e. The van der Waals surface area contributed by atoms with Gasteiger partial charge in [0.2, 0.25) is 0 Å². The number of nitrogens with zero attached hydrogens (tertiary/aromatic N) is 3. The van der Waals surface area contributed by atoms with Gasteiger partial charge in [-0.2, -0.15) is 5.10 Å². The Labute approximate surface area is 115 Å². The number of hydrogen-bond donors (Lipinski definition) is 1. The van der Waals surface area contributed by atoms with Crippen LogP contribution in [0.2, 0.25) is 5.02 Å². The first-order chi connectivity index (χ1) is 8.30. The van der Waals surface area contributed by atoms with Crippen LogP contribution in [0.3, 0.4) is 0 Å². The van der Waals surface area contributed by atoms with Crippen molar-refractivity contribution in [1.82, 2.24) is 14.7 Å². The average molecular weight is 273 g/mol. The number of halogens is 1. The highest BCUT2D eigenvalue weighted by Crippen LogP contribution is 2.23. The van der Waals surface area contributed by atoms with E-state index in [0.29, 0.717) is 6.54 Å². The molecular formula is C13H25ClN4. The fourth-order valence-corrected chi connectivity index (χ4v) is 2.32. The summed E-state index contributed by atoms with van der Waals surface area (Å²) in [5.41, 5.74) is 7.88. The lowest BCUT2D eigenvalue weighted by molar-refractivity contribution is 0.205. The molecule has 0 fully saturated rings. The zero-order chi connectivity index (χ0) is 13.9. The van der Waals surface area contributed by atoms with E-state index in [1.807, 2.05) is 11.6 Å². The molecule has 0 amide bonds. The third-order valence-electron chi connectivity index (χ3n) is 3.12. The van der Waals surface area contributed by atoms with E-state index in [2.05, 4.69) is 37.8 Å². The predicted octanol–water partition coefficient (Wildman–Crippen LogP) is 2.28. The molecule has 4 nitrogen and oxygen atoms in total. The molecule has 0 spiro atoms. The second-order valence-electron chi connectivity index (χ2n) is 5.70. The zero-order valence-electron chi connectivity index (χ0n) is 12.1. The molecule has 1 heterocycles. The van der Waals surface area contributed by atoms with E-state index < -0.39 is 0 Å². The molecule has 0 saturated carbocycles. The molecule has 18 heavy (non-hydrogen) atoms. The minimum Gasteiger partial charge on any atom is -0.330 e. The highest BCUT2D eigenvalue weighted by molar-refractivity contribution is 6.31. The summed E-state index contributed by atoms with van der Waals surface area (Å²) >= 11 is 6.31. The van der Waals surface area contributed by atoms with Gasteiger partial charge in [0.05, 0.1) is 16.4 Å². The Morgan fingerprint density at radius 3 is 2.56 bits per heavy atom. The molecule has 1 aromatic rings. The van der Waals surface area contributed by atoms with Crippen LogP contribution in [0.5, 0.6) is 0 Å². The van der Waals surface area contributed by atoms with Crippen LogP contribution in [0, 0.1) is 12.3 Å². The van der Waals surface area contributed by atoms with Crippen LogP contribution >= 0.6 is 11.6 Å². The van der Waals surface area contributed by atoms with Gasteiger partial charge in [0, 0.05) is 19.6 Å². The van der Waals surface area contributed by atoms with Crippen molar-refractivity contribution >= 4 is 11.6 Å². The van der Waals surface area contributed by atoms with Crippen molar-refractivity contribution in [2.24, 2.45) is 11.1 Å². The summed E-state index contributed by atoms with van der Waals surface area (Å²) in [6, 6.07) is 0. The molecule has 0 aliphatic heterocycles. The third kappa shape index (κ3) is 3.70. The lowest BCUT2D eigenvalue weighted by Gasteiger charge is -2.29. The van der Waals surface area contributed by atoms with Crippen molar-refractivity contribution in [3.05, 3.63) is 16.4 Å². The van der Waals surface area contributed by atoms with Gasteiger partial charge in [-0.05, 0) is 32.9 Å². The molecule has 0 aliphatic carbocycles. The van der Waals surface area contributed by atoms with Gasteiger partial charge in [-0.1, -0.05) is 25.4 Å². The van der Waals surface area contributed by atoms with E-state index in [1.165, 1.54) is 0 Å². The van der Waals surface area contributed by atoms with Crippen molar-refractivity contribution in [2.75, 3.05) is 20.1 Å². The van der Waals surface area contributed by atoms with Gasteiger partial charge in [0.15, 0.2) is 0 Å². The first-order valence-corrected chi connectivity index (χ1v) is 6.79. The maximum atomic E-state index is 6.31. The first kappa shape index (κ1) is 15.5. The Morgan fingerprint density at radius 1 is 1.44 bits per heavy atom. The predicted molar refractivity (Wildman–Crippen MR) is 76.8 cm³/mol. The lowest BCUT2D eigenvalue weighted by Crippen LogP contribution is -2.36. The molecule has 5 heteroatoms. The van der Waals surface area contributed by atoms with E-state index in [9.17, 15) is 0 Å². The molecule has 0 atom stereocenters. The van der Waals surface area contributed by atoms with Crippen LogP contribution < -0.4 is 5.73 Å². The van der Waals surface area contributed by atoms with Gasteiger partial charge in [0.1, 0.15) is 0 Å². The van der Waals surface area contributed by atoms with Gasteiger partial charge in [-0.25, -0.2) is 0 Å². The Bertz CT molecular complexity index is 398. The van der Waals surface area contributed by atoms with Crippen molar-refractivity contribution in [3.63, 3.8) is 0 Å². The summed E-state index contributed by atoms with van der Waals surface area (Å²) in [5.74, 6) is 0. The molecule has 0 saturated heterocycles. The zero-order valence-corrected chi connectivity index (χ0v) is 12.9. The Hall–Kier alpha value is -0.580. The van der Waals surface area contributed by atoms with Crippen molar-refractivity contribution < 1.29 is 0 Å². The second-order valence-corrected chi connectivity index (χ2v) is 6.08. The van der Waals surface area contributed by atoms with Gasteiger partial charge in [-0.3, -0.25) is 9.58 Å². The van der Waals surface area contributed by atoms with Crippen molar-refractivity contribution in [3.8, 4) is 0 Å². The molecule has 1 rings (SSSR count). The van der Waals surface area contributed by atoms with Crippen molar-refractivity contribution in [1.29, 1.82) is 0 Å². The van der Waals surface area contributed by atoms with Crippen LogP contribution in [-0.2, 0) is 13.1 Å². The number of hydrogen-bond acceptors (Lipinski definition) is 3. The average Bonchev–Trinajstić information content (AvgIpc) is 2.56. The molecule has 0 bridgehead atoms. The van der Waals surface area contributed by atoms with E-state index in [-0.39, 0.29) is 5.41 Å². The maximum absolute atomic E-state index is 6.31. The summed E-state index contributed by atoms with van der Waals surface area (Å²) in [7, 11) is 2.09. The van der Waals surface area contributed by atoms with Crippen molar-refractivity contribution in [2.45, 2.75) is 40.8 Å². The number of rotatable bonds is 6. The van der Waals surface area contributed by atoms with Gasteiger partial charge >= 0.3 is 0 Å². The highest BCUT2D eigenvalue weighted by atomic mass is 35.5. The third-order valence-corrected chi connectivity index (χ3v) is 3.61. The standard InChI is InChI=1S/C13H25ClN4/c1-6-18-11(12(14)10(2)16-18)7-17(5)9-13(3,4)8-15/h6-9,15H2,1-5H3. The second kappa shape index (κ2) is 6.04. The van der Waals surface area contributed by atoms with Crippen LogP contribution in [0.1, 0.15) is 32.2 Å². The fourth-order valence-electron chi connectivity index (χ4n) is 2.13. The van der Waals surface area contributed by atoms with Crippen LogP contribution in [-0.4, -0.2) is 34.8 Å². The van der Waals surface area contributed by atoms with Crippen LogP contribution in [0.4, 0.5) is 0 Å². The fraction of sp³-hybridized carbons (Fsp3) is 0.769. The van der Waals surface area contributed by atoms with Gasteiger partial charge in [-0.15, -0.1) is 0 Å². The smallest absolute Gasteiger partial charge is 0.0860 e. The Kier molecular flexibility index (Phi) is 5.20. The number of aryl methyl sites for hydroxylation is 2. The SMILES string of the molecule is CCn1nc(C)c(Cl)c1CN(C)CC(C)(C)CN. The normalized spacial score (nSPS) is 12.4. The number of aromatic nitrogens is 2. The van der Waals surface area contributed by atoms with Crippen LogP contribution in [0.15, 0.2) is 0 Å². The summed E-state index contributed by atoms with van der Waals surface area (Å²) < 4.78 is 1.98. The van der Waals surface area contributed by atoms with E-state index in [1.54, 1.807) is 0 Å². The van der Waals surface area contributed by atoms with E-state index in [0.717, 1.165) is 36.0 Å². The monoisotopic (exact) mass is 272 g/mol. The lowest BCUT2D eigenvalue weighted by atomic mass is 9.93. The molecule has 2 N–H and O–H groups in total. The summed E-state index contributed by atoms with van der Waals surface area (Å²) in [6.45, 7) is 11.6. The molecule has 0 aliphatic rings. The molecular weight excluding hydrogens is 248 g/mol. The quantitative estimate of drug-likeness (QED) is 0.864. The molecule has 0 aromatic carbocycles. The highest BCUT2D eigenvalue weighted by Gasteiger charge is 2.20. The summed E-state index contributed by atoms with van der Waals surface area (Å²) in [6.07, 6.45) is 0. The minimum absolute atomic E-state index is 0.118. The molecule has 104 valence electrons. The molecule has 1 aromatic heterocycles. The maximum Gasteiger partial charge on any atom is 0.0860 e. The topological polar surface area (TPSA) is 47.1 Å².